The van der Waals surface area contributed by atoms with Gasteiger partial charge in [-0.3, -0.25) is 4.79 Å². The minimum Gasteiger partial charge on any atom is -0.489 e. The zero-order chi connectivity index (χ0) is 30.3. The molecule has 3 heterocycles. The first-order valence-electron chi connectivity index (χ1n) is 14.2. The Labute approximate surface area is 246 Å². The standard InChI is InChI=1S/C32H37NO8Si/c1-18-23(29(31(36)37)33-28(18)27(30(33)35)19(2)41-42(6)32(3,4)5)17-39-24-10-8-7-9-21(24)16-38-22-13-11-20-12-14-26(34)40-25(20)15-22/h7-15,18-19,27-28,42H,16-17H2,1-6H3,(H,36,37)/t18-,19?,27+,28+,42?/m0/s1. The summed E-state index contributed by atoms with van der Waals surface area (Å²) in [5.41, 5.74) is 1.34. The number of ether oxygens (including phenoxy) is 2. The molecular weight excluding hydrogens is 554 g/mol. The summed E-state index contributed by atoms with van der Waals surface area (Å²) in [6.07, 6.45) is -0.293. The Morgan fingerprint density at radius 3 is 2.50 bits per heavy atom. The van der Waals surface area contributed by atoms with Crippen molar-refractivity contribution in [3.63, 3.8) is 0 Å². The normalized spacial score (nSPS) is 21.6. The van der Waals surface area contributed by atoms with Crippen LogP contribution in [0.5, 0.6) is 11.5 Å². The highest BCUT2D eigenvalue weighted by atomic mass is 28.3. The summed E-state index contributed by atoms with van der Waals surface area (Å²) in [4.78, 5) is 38.6. The van der Waals surface area contributed by atoms with Crippen LogP contribution in [-0.4, -0.2) is 49.7 Å². The van der Waals surface area contributed by atoms with E-state index in [1.165, 1.54) is 11.0 Å². The van der Waals surface area contributed by atoms with E-state index < -0.39 is 26.6 Å². The van der Waals surface area contributed by atoms with Crippen LogP contribution in [0.15, 0.2) is 75.1 Å². The fraction of sp³-hybridized carbons (Fsp3) is 0.406. The van der Waals surface area contributed by atoms with E-state index in [2.05, 4.69) is 27.3 Å². The molecule has 2 aliphatic rings. The quantitative estimate of drug-likeness (QED) is 0.196. The minimum absolute atomic E-state index is 0.00783. The predicted molar refractivity (Wildman–Crippen MR) is 160 cm³/mol. The van der Waals surface area contributed by atoms with Crippen LogP contribution in [-0.2, 0) is 20.6 Å². The van der Waals surface area contributed by atoms with Crippen molar-refractivity contribution in [3.8, 4) is 11.5 Å². The molecular formula is C32H37NO8Si. The average Bonchev–Trinajstić information content (AvgIpc) is 3.18. The first kappa shape index (κ1) is 29.6. The minimum atomic E-state index is -1.58. The first-order valence-corrected chi connectivity index (χ1v) is 16.4. The Morgan fingerprint density at radius 2 is 1.79 bits per heavy atom. The van der Waals surface area contributed by atoms with Crippen molar-refractivity contribution < 1.29 is 33.0 Å². The number of aliphatic carboxylic acids is 1. The molecule has 42 heavy (non-hydrogen) atoms. The number of rotatable bonds is 10. The lowest BCUT2D eigenvalue weighted by Crippen LogP contribution is -2.64. The third-order valence-electron chi connectivity index (χ3n) is 8.49. The summed E-state index contributed by atoms with van der Waals surface area (Å²) >= 11 is 0. The molecule has 3 aromatic rings. The van der Waals surface area contributed by atoms with Gasteiger partial charge in [0.25, 0.3) is 0 Å². The average molecular weight is 592 g/mol. The van der Waals surface area contributed by atoms with Gasteiger partial charge in [0.1, 0.15) is 36.0 Å². The highest BCUT2D eigenvalue weighted by molar-refractivity contribution is 6.53. The summed E-state index contributed by atoms with van der Waals surface area (Å²) in [7, 11) is -1.58. The molecule has 2 aromatic carbocycles. The topological polar surface area (TPSA) is 116 Å². The summed E-state index contributed by atoms with van der Waals surface area (Å²) in [5.74, 6) is -0.861. The molecule has 222 valence electrons. The number of nitrogens with zero attached hydrogens (tertiary/aromatic N) is 1. The molecule has 9 nitrogen and oxygen atoms in total. The molecule has 1 N–H and O–H groups in total. The second-order valence-electron chi connectivity index (χ2n) is 12.2. The van der Waals surface area contributed by atoms with Gasteiger partial charge in [-0.2, -0.15) is 0 Å². The van der Waals surface area contributed by atoms with E-state index in [1.54, 1.807) is 24.3 Å². The van der Waals surface area contributed by atoms with E-state index in [0.29, 0.717) is 22.7 Å². The van der Waals surface area contributed by atoms with Crippen LogP contribution in [0.4, 0.5) is 0 Å². The maximum absolute atomic E-state index is 13.3. The van der Waals surface area contributed by atoms with Gasteiger partial charge >= 0.3 is 11.6 Å². The molecule has 5 rings (SSSR count). The molecule has 1 amide bonds. The molecule has 0 radical (unpaired) electrons. The third-order valence-corrected chi connectivity index (χ3v) is 11.8. The van der Waals surface area contributed by atoms with E-state index >= 15 is 0 Å². The fourth-order valence-electron chi connectivity index (χ4n) is 5.64. The van der Waals surface area contributed by atoms with Gasteiger partial charge in [-0.25, -0.2) is 9.59 Å². The molecule has 2 unspecified atom stereocenters. The highest BCUT2D eigenvalue weighted by Crippen LogP contribution is 2.48. The maximum atomic E-state index is 13.3. The van der Waals surface area contributed by atoms with Crippen LogP contribution < -0.4 is 15.1 Å². The lowest BCUT2D eigenvalue weighted by molar-refractivity contribution is -0.162. The summed E-state index contributed by atoms with van der Waals surface area (Å²) < 4.78 is 23.8. The first-order chi connectivity index (χ1) is 19.9. The Balaban J connectivity index is 1.30. The zero-order valence-electron chi connectivity index (χ0n) is 24.7. The third kappa shape index (κ3) is 5.60. The molecule has 0 bridgehead atoms. The fourth-order valence-corrected chi connectivity index (χ4v) is 6.86. The predicted octanol–water partition coefficient (Wildman–Crippen LogP) is 5.13. The van der Waals surface area contributed by atoms with Crippen molar-refractivity contribution in [2.75, 3.05) is 6.61 Å². The number of carbonyl (C=O) groups excluding carboxylic acids is 1. The largest absolute Gasteiger partial charge is 0.489 e. The van der Waals surface area contributed by atoms with Crippen molar-refractivity contribution in [2.24, 2.45) is 11.8 Å². The molecule has 1 saturated heterocycles. The summed E-state index contributed by atoms with van der Waals surface area (Å²) in [5, 5.41) is 10.9. The molecule has 1 fully saturated rings. The lowest BCUT2D eigenvalue weighted by Gasteiger charge is -2.48. The van der Waals surface area contributed by atoms with Gasteiger partial charge in [0.05, 0.1) is 18.1 Å². The number of fused-ring (bicyclic) bond motifs is 2. The van der Waals surface area contributed by atoms with E-state index in [4.69, 9.17) is 18.3 Å². The SMILES string of the molecule is CC(O[SiH](C)C(C)(C)C)[C@H]1C(=O)N2C(C(=O)O)=C(COc3ccccc3COc3ccc4ccc(=O)oc4c3)[C@H](C)[C@H]12. The van der Waals surface area contributed by atoms with Gasteiger partial charge in [-0.1, -0.05) is 45.9 Å². The van der Waals surface area contributed by atoms with Gasteiger partial charge < -0.3 is 28.3 Å². The van der Waals surface area contributed by atoms with Crippen molar-refractivity contribution in [3.05, 3.63) is 81.9 Å². The molecule has 5 atom stereocenters. The van der Waals surface area contributed by atoms with Crippen LogP contribution in [0, 0.1) is 11.8 Å². The van der Waals surface area contributed by atoms with Gasteiger partial charge in [0, 0.05) is 34.6 Å². The molecule has 2 aliphatic heterocycles. The van der Waals surface area contributed by atoms with Crippen LogP contribution in [0.3, 0.4) is 0 Å². The maximum Gasteiger partial charge on any atom is 0.352 e. The number of amides is 1. The Morgan fingerprint density at radius 1 is 1.07 bits per heavy atom. The molecule has 0 saturated carbocycles. The van der Waals surface area contributed by atoms with Crippen LogP contribution in [0.1, 0.15) is 40.2 Å². The van der Waals surface area contributed by atoms with Crippen molar-refractivity contribution in [1.82, 2.24) is 4.90 Å². The van der Waals surface area contributed by atoms with Gasteiger partial charge in [0.15, 0.2) is 9.04 Å². The monoisotopic (exact) mass is 591 g/mol. The van der Waals surface area contributed by atoms with E-state index in [9.17, 15) is 19.5 Å². The van der Waals surface area contributed by atoms with Crippen LogP contribution in [0.25, 0.3) is 11.0 Å². The number of benzene rings is 2. The van der Waals surface area contributed by atoms with E-state index in [0.717, 1.165) is 10.9 Å². The molecule has 0 spiro atoms. The Hall–Kier alpha value is -3.89. The van der Waals surface area contributed by atoms with Crippen molar-refractivity contribution in [1.29, 1.82) is 0 Å². The number of hydrogen-bond donors (Lipinski definition) is 1. The number of hydrogen-bond acceptors (Lipinski definition) is 7. The van der Waals surface area contributed by atoms with Crippen LogP contribution in [0.2, 0.25) is 11.6 Å². The summed E-state index contributed by atoms with van der Waals surface area (Å²) in [6.45, 7) is 12.7. The molecule has 10 heteroatoms. The number of β-lactam (4-membered cyclic amide) rings is 1. The van der Waals surface area contributed by atoms with Crippen molar-refractivity contribution >= 4 is 31.9 Å². The van der Waals surface area contributed by atoms with Gasteiger partial charge in [-0.15, -0.1) is 0 Å². The number of carboxylic acid groups (broad SMARTS) is 1. The summed E-state index contributed by atoms with van der Waals surface area (Å²) in [6, 6.07) is 15.4. The number of para-hydroxylation sites is 1. The second kappa shape index (κ2) is 11.4. The highest BCUT2D eigenvalue weighted by Gasteiger charge is 2.60. The number of carbonyl (C=O) groups is 2. The van der Waals surface area contributed by atoms with E-state index in [1.807, 2.05) is 38.1 Å². The second-order valence-corrected chi connectivity index (χ2v) is 15.5. The smallest absolute Gasteiger partial charge is 0.352 e. The van der Waals surface area contributed by atoms with Gasteiger partial charge in [0.2, 0.25) is 5.91 Å². The molecule has 1 aromatic heterocycles. The van der Waals surface area contributed by atoms with Crippen LogP contribution >= 0.6 is 0 Å². The van der Waals surface area contributed by atoms with E-state index in [-0.39, 0.29) is 47.9 Å². The number of carboxylic acids is 1. The lowest BCUT2D eigenvalue weighted by atomic mass is 9.78. The molecule has 0 aliphatic carbocycles. The van der Waals surface area contributed by atoms with Gasteiger partial charge in [-0.05, 0) is 42.8 Å². The zero-order valence-corrected chi connectivity index (χ0v) is 25.9. The Bertz CT molecular complexity index is 1610. The Kier molecular flexibility index (Phi) is 8.04. The van der Waals surface area contributed by atoms with Crippen molar-refractivity contribution in [2.45, 2.75) is 65.0 Å².